The van der Waals surface area contributed by atoms with Crippen LogP contribution in [0.2, 0.25) is 0 Å². The van der Waals surface area contributed by atoms with Gasteiger partial charge in [0.15, 0.2) is 17.3 Å². The fraction of sp³-hybridized carbons (Fsp3) is 0.304. The van der Waals surface area contributed by atoms with Crippen molar-refractivity contribution in [2.75, 3.05) is 26.2 Å². The van der Waals surface area contributed by atoms with Gasteiger partial charge in [-0.25, -0.2) is 4.39 Å². The quantitative estimate of drug-likeness (QED) is 0.514. The number of amides is 1. The first-order chi connectivity index (χ1) is 15.0. The number of benzene rings is 2. The summed E-state index contributed by atoms with van der Waals surface area (Å²) < 4.78 is 25.7. The Morgan fingerprint density at radius 3 is 2.68 bits per heavy atom. The van der Waals surface area contributed by atoms with Crippen LogP contribution in [-0.2, 0) is 13.2 Å². The Balaban J connectivity index is 1.37. The molecule has 4 rings (SSSR count). The van der Waals surface area contributed by atoms with Crippen molar-refractivity contribution in [1.29, 1.82) is 0 Å². The fourth-order valence-electron chi connectivity index (χ4n) is 3.59. The van der Waals surface area contributed by atoms with E-state index in [4.69, 9.17) is 9.26 Å². The molecule has 0 N–H and O–H groups in total. The zero-order chi connectivity index (χ0) is 21.8. The van der Waals surface area contributed by atoms with E-state index in [9.17, 15) is 9.18 Å². The molecule has 3 aromatic rings. The molecule has 1 aliphatic heterocycles. The van der Waals surface area contributed by atoms with Crippen LogP contribution in [0.25, 0.3) is 0 Å². The number of hydrogen-bond donors (Lipinski definition) is 0. The standard InChI is InChI=1S/C23H23BrFN3O3/c1-16-19(15-30-21-8-3-2-7-20(21)25)22(26-31-16)23(29)28-11-9-27(10-12-28)14-17-5-4-6-18(24)13-17/h2-8,13H,9-12,14-15H2,1H3. The van der Waals surface area contributed by atoms with Gasteiger partial charge in [-0.2, -0.15) is 0 Å². The first kappa shape index (κ1) is 21.5. The molecular weight excluding hydrogens is 465 g/mol. The van der Waals surface area contributed by atoms with E-state index in [2.05, 4.69) is 38.1 Å². The maximum Gasteiger partial charge on any atom is 0.276 e. The van der Waals surface area contributed by atoms with E-state index in [0.29, 0.717) is 24.4 Å². The van der Waals surface area contributed by atoms with E-state index in [0.717, 1.165) is 24.1 Å². The second kappa shape index (κ2) is 9.62. The topological polar surface area (TPSA) is 58.8 Å². The minimum absolute atomic E-state index is 0.0141. The van der Waals surface area contributed by atoms with Crippen molar-refractivity contribution in [1.82, 2.24) is 15.0 Å². The molecule has 8 heteroatoms. The van der Waals surface area contributed by atoms with E-state index in [1.165, 1.54) is 11.6 Å². The molecule has 1 amide bonds. The number of ether oxygens (including phenoxy) is 1. The average molecular weight is 488 g/mol. The van der Waals surface area contributed by atoms with Crippen LogP contribution in [0.3, 0.4) is 0 Å². The van der Waals surface area contributed by atoms with Crippen molar-refractivity contribution >= 4 is 21.8 Å². The molecule has 0 unspecified atom stereocenters. The molecule has 2 heterocycles. The Morgan fingerprint density at radius 2 is 1.94 bits per heavy atom. The Hall–Kier alpha value is -2.71. The summed E-state index contributed by atoms with van der Waals surface area (Å²) in [5.41, 5.74) is 2.01. The van der Waals surface area contributed by atoms with Gasteiger partial charge in [-0.3, -0.25) is 9.69 Å². The number of piperazine rings is 1. The normalized spacial score (nSPS) is 14.6. The smallest absolute Gasteiger partial charge is 0.276 e. The molecule has 162 valence electrons. The highest BCUT2D eigenvalue weighted by Gasteiger charge is 2.28. The molecule has 0 saturated carbocycles. The number of aromatic nitrogens is 1. The summed E-state index contributed by atoms with van der Waals surface area (Å²) >= 11 is 3.50. The SMILES string of the molecule is Cc1onc(C(=O)N2CCN(Cc3cccc(Br)c3)CC2)c1COc1ccccc1F. The highest BCUT2D eigenvalue weighted by atomic mass is 79.9. The molecule has 2 aromatic carbocycles. The van der Waals surface area contributed by atoms with Crippen LogP contribution in [0.5, 0.6) is 5.75 Å². The number of nitrogens with zero attached hydrogens (tertiary/aromatic N) is 3. The minimum Gasteiger partial charge on any atom is -0.486 e. The van der Waals surface area contributed by atoms with Crippen LogP contribution in [0.15, 0.2) is 57.5 Å². The Morgan fingerprint density at radius 1 is 1.16 bits per heavy atom. The highest BCUT2D eigenvalue weighted by molar-refractivity contribution is 9.10. The Bertz CT molecular complexity index is 1060. The summed E-state index contributed by atoms with van der Waals surface area (Å²) in [7, 11) is 0. The lowest BCUT2D eigenvalue weighted by molar-refractivity contribution is 0.0616. The van der Waals surface area contributed by atoms with Crippen LogP contribution in [0.1, 0.15) is 27.4 Å². The van der Waals surface area contributed by atoms with Gasteiger partial charge in [-0.1, -0.05) is 45.4 Å². The van der Waals surface area contributed by atoms with Crippen molar-refractivity contribution in [3.63, 3.8) is 0 Å². The molecule has 0 bridgehead atoms. The summed E-state index contributed by atoms with van der Waals surface area (Å²) in [4.78, 5) is 17.2. The maximum absolute atomic E-state index is 13.8. The van der Waals surface area contributed by atoms with Crippen molar-refractivity contribution in [3.05, 3.63) is 81.4 Å². The van der Waals surface area contributed by atoms with E-state index in [1.54, 1.807) is 30.0 Å². The molecule has 31 heavy (non-hydrogen) atoms. The van der Waals surface area contributed by atoms with Gasteiger partial charge in [0.05, 0.1) is 5.56 Å². The lowest BCUT2D eigenvalue weighted by atomic mass is 10.1. The van der Waals surface area contributed by atoms with Crippen LogP contribution in [0.4, 0.5) is 4.39 Å². The van der Waals surface area contributed by atoms with Gasteiger partial charge in [-0.05, 0) is 36.8 Å². The number of rotatable bonds is 6. The number of carbonyl (C=O) groups excluding carboxylic acids is 1. The molecule has 0 atom stereocenters. The van der Waals surface area contributed by atoms with Gasteiger partial charge >= 0.3 is 0 Å². The first-order valence-electron chi connectivity index (χ1n) is 10.1. The minimum atomic E-state index is -0.453. The second-order valence-corrected chi connectivity index (χ2v) is 8.40. The van der Waals surface area contributed by atoms with Crippen LogP contribution >= 0.6 is 15.9 Å². The third kappa shape index (κ3) is 5.14. The average Bonchev–Trinajstić information content (AvgIpc) is 3.13. The van der Waals surface area contributed by atoms with Crippen molar-refractivity contribution in [2.45, 2.75) is 20.1 Å². The Labute approximate surface area is 188 Å². The van der Waals surface area contributed by atoms with E-state index in [1.807, 2.05) is 12.1 Å². The summed E-state index contributed by atoms with van der Waals surface area (Å²) in [6, 6.07) is 14.4. The number of aryl methyl sites for hydroxylation is 1. The van der Waals surface area contributed by atoms with Crippen molar-refractivity contribution < 1.29 is 18.4 Å². The Kier molecular flexibility index (Phi) is 6.67. The molecule has 1 fully saturated rings. The van der Waals surface area contributed by atoms with Gasteiger partial charge in [0, 0.05) is 37.2 Å². The van der Waals surface area contributed by atoms with Crippen LogP contribution in [-0.4, -0.2) is 47.0 Å². The van der Waals surface area contributed by atoms with Crippen molar-refractivity contribution in [2.24, 2.45) is 0 Å². The number of hydrogen-bond acceptors (Lipinski definition) is 5. The van der Waals surface area contributed by atoms with E-state index in [-0.39, 0.29) is 24.0 Å². The predicted octanol–water partition coefficient (Wildman–Crippen LogP) is 4.42. The van der Waals surface area contributed by atoms with Gasteiger partial charge in [0.1, 0.15) is 12.4 Å². The molecule has 6 nitrogen and oxygen atoms in total. The maximum atomic E-state index is 13.8. The molecule has 0 aliphatic carbocycles. The van der Waals surface area contributed by atoms with E-state index >= 15 is 0 Å². The third-order valence-corrected chi connectivity index (χ3v) is 5.84. The molecule has 1 aromatic heterocycles. The molecule has 1 saturated heterocycles. The monoisotopic (exact) mass is 487 g/mol. The summed E-state index contributed by atoms with van der Waals surface area (Å²) in [6.07, 6.45) is 0. The van der Waals surface area contributed by atoms with Crippen LogP contribution < -0.4 is 4.74 Å². The van der Waals surface area contributed by atoms with E-state index < -0.39 is 5.82 Å². The first-order valence-corrected chi connectivity index (χ1v) is 10.9. The predicted molar refractivity (Wildman–Crippen MR) is 117 cm³/mol. The molecule has 0 spiro atoms. The van der Waals surface area contributed by atoms with Crippen molar-refractivity contribution in [3.8, 4) is 5.75 Å². The van der Waals surface area contributed by atoms with Crippen LogP contribution in [0, 0.1) is 12.7 Å². The number of carbonyl (C=O) groups is 1. The molecule has 1 aliphatic rings. The number of halogens is 2. The zero-order valence-electron chi connectivity index (χ0n) is 17.2. The fourth-order valence-corrected chi connectivity index (χ4v) is 4.04. The highest BCUT2D eigenvalue weighted by Crippen LogP contribution is 2.22. The van der Waals surface area contributed by atoms with Gasteiger partial charge in [0.25, 0.3) is 5.91 Å². The molecule has 0 radical (unpaired) electrons. The lowest BCUT2D eigenvalue weighted by Crippen LogP contribution is -2.48. The zero-order valence-corrected chi connectivity index (χ0v) is 18.8. The summed E-state index contributed by atoms with van der Waals surface area (Å²) in [5.74, 6) is -0.0206. The second-order valence-electron chi connectivity index (χ2n) is 7.48. The number of para-hydroxylation sites is 1. The molecular formula is C23H23BrFN3O3. The summed E-state index contributed by atoms with van der Waals surface area (Å²) in [6.45, 7) is 5.33. The lowest BCUT2D eigenvalue weighted by Gasteiger charge is -2.34. The summed E-state index contributed by atoms with van der Waals surface area (Å²) in [5, 5.41) is 3.96. The van der Waals surface area contributed by atoms with Gasteiger partial charge in [-0.15, -0.1) is 0 Å². The van der Waals surface area contributed by atoms with Gasteiger partial charge in [0.2, 0.25) is 0 Å². The third-order valence-electron chi connectivity index (χ3n) is 5.35. The van der Waals surface area contributed by atoms with Gasteiger partial charge < -0.3 is 14.2 Å². The largest absolute Gasteiger partial charge is 0.486 e.